The van der Waals surface area contributed by atoms with Gasteiger partial charge >= 0.3 is 11.9 Å². The molecule has 2 N–H and O–H groups in total. The fraction of sp³-hybridized carbons (Fsp3) is 0.609. The summed E-state index contributed by atoms with van der Waals surface area (Å²) in [5.74, 6) is -1.99. The average Bonchev–Trinajstić information content (AvgIpc) is 2.79. The van der Waals surface area contributed by atoms with E-state index in [0.717, 1.165) is 64.6 Å². The quantitative estimate of drug-likeness (QED) is 0.646. The molecule has 2 saturated heterocycles. The van der Waals surface area contributed by atoms with E-state index in [4.69, 9.17) is 14.9 Å². The third-order valence-electron chi connectivity index (χ3n) is 5.60. The number of carbonyl (C=O) groups is 3. The van der Waals surface area contributed by atoms with Gasteiger partial charge in [-0.2, -0.15) is 0 Å². The number of hydrogen-bond acceptors (Lipinski definition) is 6. The predicted molar refractivity (Wildman–Crippen MR) is 120 cm³/mol. The largest absolute Gasteiger partial charge is 0.481 e. The summed E-state index contributed by atoms with van der Waals surface area (Å²) < 4.78 is 5.38. The van der Waals surface area contributed by atoms with E-state index in [1.807, 2.05) is 17.0 Å². The van der Waals surface area contributed by atoms with Crippen molar-refractivity contribution < 1.29 is 29.3 Å². The topological polar surface area (TPSA) is 111 Å². The molecule has 9 heteroatoms. The van der Waals surface area contributed by atoms with Crippen LogP contribution < -0.4 is 0 Å². The van der Waals surface area contributed by atoms with Gasteiger partial charge < -0.3 is 19.8 Å². The summed E-state index contributed by atoms with van der Waals surface area (Å²) in [5.41, 5.74) is 2.07. The number of carbonyl (C=O) groups excluding carboxylic acids is 1. The van der Waals surface area contributed by atoms with Crippen molar-refractivity contribution in [3.8, 4) is 0 Å². The Balaban J connectivity index is 0.000000390. The van der Waals surface area contributed by atoms with E-state index in [1.54, 1.807) is 0 Å². The van der Waals surface area contributed by atoms with Gasteiger partial charge in [0.25, 0.3) is 5.91 Å². The monoisotopic (exact) mass is 449 g/mol. The Kier molecular flexibility index (Phi) is 10.6. The minimum absolute atomic E-state index is 0.163. The SMILES string of the molecule is CC(C)N1CCN(C(=O)c2ccc(CN3CCOCC3)cc2)CC1.O=C(O)CCC(=O)O. The third-order valence-corrected chi connectivity index (χ3v) is 5.60. The average molecular weight is 450 g/mol. The molecule has 1 aromatic carbocycles. The second kappa shape index (κ2) is 13.1. The number of morpholine rings is 1. The van der Waals surface area contributed by atoms with Gasteiger partial charge in [0.2, 0.25) is 0 Å². The van der Waals surface area contributed by atoms with Gasteiger partial charge in [-0.3, -0.25) is 24.2 Å². The molecule has 0 bridgehead atoms. The van der Waals surface area contributed by atoms with Gasteiger partial charge in [0, 0.05) is 57.4 Å². The van der Waals surface area contributed by atoms with Crippen molar-refractivity contribution in [2.45, 2.75) is 39.3 Å². The molecular formula is C23H35N3O6. The van der Waals surface area contributed by atoms with E-state index >= 15 is 0 Å². The van der Waals surface area contributed by atoms with Crippen LogP contribution in [0.2, 0.25) is 0 Å². The second-order valence-corrected chi connectivity index (χ2v) is 8.29. The molecule has 3 rings (SSSR count). The van der Waals surface area contributed by atoms with Crippen LogP contribution in [0.1, 0.15) is 42.6 Å². The summed E-state index contributed by atoms with van der Waals surface area (Å²) >= 11 is 0. The van der Waals surface area contributed by atoms with Crippen LogP contribution in [0.3, 0.4) is 0 Å². The van der Waals surface area contributed by atoms with Crippen molar-refractivity contribution in [1.82, 2.24) is 14.7 Å². The Labute approximate surface area is 189 Å². The maximum Gasteiger partial charge on any atom is 0.303 e. The Bertz CT molecular complexity index is 725. The highest BCUT2D eigenvalue weighted by Gasteiger charge is 2.23. The maximum atomic E-state index is 12.7. The van der Waals surface area contributed by atoms with E-state index in [1.165, 1.54) is 5.56 Å². The normalized spacial score (nSPS) is 17.5. The molecule has 178 valence electrons. The lowest BCUT2D eigenvalue weighted by Gasteiger charge is -2.37. The van der Waals surface area contributed by atoms with Crippen LogP contribution in [-0.2, 0) is 20.9 Å². The molecule has 1 amide bonds. The molecule has 9 nitrogen and oxygen atoms in total. The number of nitrogens with zero attached hydrogens (tertiary/aromatic N) is 3. The van der Waals surface area contributed by atoms with Crippen LogP contribution in [-0.4, -0.2) is 101 Å². The molecular weight excluding hydrogens is 414 g/mol. The molecule has 0 aromatic heterocycles. The van der Waals surface area contributed by atoms with Crippen LogP contribution in [0.5, 0.6) is 0 Å². The standard InChI is InChI=1S/C19H29N3O2.C4H6O4/c1-16(2)21-7-9-22(10-8-21)19(23)18-5-3-17(4-6-18)15-20-11-13-24-14-12-20;5-3(6)1-2-4(7)8/h3-6,16H,7-15H2,1-2H3;1-2H2,(H,5,6)(H,7,8). The zero-order valence-electron chi connectivity index (χ0n) is 19.0. The fourth-order valence-electron chi connectivity index (χ4n) is 3.61. The first-order chi connectivity index (χ1) is 15.3. The highest BCUT2D eigenvalue weighted by Crippen LogP contribution is 2.13. The number of hydrogen-bond donors (Lipinski definition) is 2. The summed E-state index contributed by atoms with van der Waals surface area (Å²) in [6.07, 6.45) is -0.593. The molecule has 0 unspecified atom stereocenters. The minimum Gasteiger partial charge on any atom is -0.481 e. The Morgan fingerprint density at radius 1 is 0.875 bits per heavy atom. The van der Waals surface area contributed by atoms with Gasteiger partial charge in [-0.1, -0.05) is 12.1 Å². The van der Waals surface area contributed by atoms with Gasteiger partial charge in [0.15, 0.2) is 0 Å². The van der Waals surface area contributed by atoms with Crippen molar-refractivity contribution in [2.75, 3.05) is 52.5 Å². The van der Waals surface area contributed by atoms with Crippen molar-refractivity contribution in [2.24, 2.45) is 0 Å². The lowest BCUT2D eigenvalue weighted by Crippen LogP contribution is -2.50. The molecule has 2 aliphatic rings. The zero-order chi connectivity index (χ0) is 23.5. The first-order valence-corrected chi connectivity index (χ1v) is 11.1. The summed E-state index contributed by atoms with van der Waals surface area (Å²) in [6.45, 7) is 12.6. The van der Waals surface area contributed by atoms with Crippen molar-refractivity contribution in [1.29, 1.82) is 0 Å². The number of rotatable bonds is 7. The van der Waals surface area contributed by atoms with Gasteiger partial charge in [-0.15, -0.1) is 0 Å². The van der Waals surface area contributed by atoms with Crippen LogP contribution >= 0.6 is 0 Å². The molecule has 0 atom stereocenters. The van der Waals surface area contributed by atoms with Crippen LogP contribution in [0.25, 0.3) is 0 Å². The summed E-state index contributed by atoms with van der Waals surface area (Å²) in [6, 6.07) is 8.70. The maximum absolute atomic E-state index is 12.7. The number of aliphatic carboxylic acids is 2. The molecule has 2 fully saturated rings. The number of carboxylic acids is 2. The Morgan fingerprint density at radius 3 is 1.88 bits per heavy atom. The van der Waals surface area contributed by atoms with E-state index < -0.39 is 11.9 Å². The van der Waals surface area contributed by atoms with Crippen molar-refractivity contribution in [3.63, 3.8) is 0 Å². The van der Waals surface area contributed by atoms with Crippen molar-refractivity contribution >= 4 is 17.8 Å². The number of carboxylic acid groups (broad SMARTS) is 2. The molecule has 0 spiro atoms. The number of benzene rings is 1. The van der Waals surface area contributed by atoms with E-state index in [9.17, 15) is 14.4 Å². The lowest BCUT2D eigenvalue weighted by atomic mass is 10.1. The summed E-state index contributed by atoms with van der Waals surface area (Å²) in [7, 11) is 0. The first-order valence-electron chi connectivity index (χ1n) is 11.1. The minimum atomic E-state index is -1.08. The van der Waals surface area contributed by atoms with E-state index in [-0.39, 0.29) is 18.7 Å². The molecule has 32 heavy (non-hydrogen) atoms. The van der Waals surface area contributed by atoms with Gasteiger partial charge in [-0.25, -0.2) is 0 Å². The van der Waals surface area contributed by atoms with E-state index in [2.05, 4.69) is 35.8 Å². The third kappa shape index (κ3) is 8.94. The van der Waals surface area contributed by atoms with Crippen molar-refractivity contribution in [3.05, 3.63) is 35.4 Å². The molecule has 2 heterocycles. The first kappa shape index (κ1) is 25.8. The number of piperazine rings is 1. The molecule has 1 aromatic rings. The summed E-state index contributed by atoms with van der Waals surface area (Å²) in [5, 5.41) is 15.8. The highest BCUT2D eigenvalue weighted by molar-refractivity contribution is 5.94. The highest BCUT2D eigenvalue weighted by atomic mass is 16.5. The van der Waals surface area contributed by atoms with Crippen LogP contribution in [0, 0.1) is 0 Å². The fourth-order valence-corrected chi connectivity index (χ4v) is 3.61. The van der Waals surface area contributed by atoms with Gasteiger partial charge in [0.1, 0.15) is 0 Å². The number of amides is 1. The smallest absolute Gasteiger partial charge is 0.303 e. The van der Waals surface area contributed by atoms with Crippen LogP contribution in [0.15, 0.2) is 24.3 Å². The molecule has 0 saturated carbocycles. The Morgan fingerprint density at radius 2 is 1.41 bits per heavy atom. The van der Waals surface area contributed by atoms with Gasteiger partial charge in [0.05, 0.1) is 26.1 Å². The van der Waals surface area contributed by atoms with E-state index in [0.29, 0.717) is 6.04 Å². The molecule has 2 aliphatic heterocycles. The lowest BCUT2D eigenvalue weighted by molar-refractivity contribution is -0.143. The number of ether oxygens (including phenoxy) is 1. The molecule has 0 aliphatic carbocycles. The molecule has 0 radical (unpaired) electrons. The zero-order valence-corrected chi connectivity index (χ0v) is 19.0. The second-order valence-electron chi connectivity index (χ2n) is 8.29. The summed E-state index contributed by atoms with van der Waals surface area (Å²) in [4.78, 5) is 38.7. The van der Waals surface area contributed by atoms with Gasteiger partial charge in [-0.05, 0) is 31.5 Å². The Hall–Kier alpha value is -2.49. The predicted octanol–water partition coefficient (Wildman–Crippen LogP) is 1.62. The van der Waals surface area contributed by atoms with Crippen LogP contribution in [0.4, 0.5) is 0 Å².